The number of benzene rings is 1. The molecule has 2 N–H and O–H groups in total. The molecule has 0 atom stereocenters. The lowest BCUT2D eigenvalue weighted by Gasteiger charge is -2.11. The van der Waals surface area contributed by atoms with E-state index in [-0.39, 0.29) is 5.91 Å². The second kappa shape index (κ2) is 5.52. The number of amides is 1. The maximum absolute atomic E-state index is 12.3. The van der Waals surface area contributed by atoms with Crippen LogP contribution in [0.15, 0.2) is 30.6 Å². The maximum atomic E-state index is 12.3. The highest BCUT2D eigenvalue weighted by Crippen LogP contribution is 2.24. The molecular formula is C16H18N4O. The van der Waals surface area contributed by atoms with Crippen LogP contribution >= 0.6 is 0 Å². The fourth-order valence-corrected chi connectivity index (χ4v) is 2.19. The van der Waals surface area contributed by atoms with Crippen LogP contribution in [0.25, 0.3) is 0 Å². The van der Waals surface area contributed by atoms with Crippen LogP contribution in [-0.4, -0.2) is 21.9 Å². The number of aryl methyl sites for hydroxylation is 2. The summed E-state index contributed by atoms with van der Waals surface area (Å²) in [5, 5.41) is 6.20. The van der Waals surface area contributed by atoms with Crippen LogP contribution in [0.3, 0.4) is 0 Å². The Bertz CT molecular complexity index is 659. The third kappa shape index (κ3) is 3.18. The first-order valence-corrected chi connectivity index (χ1v) is 7.09. The van der Waals surface area contributed by atoms with Gasteiger partial charge in [0.05, 0.1) is 0 Å². The quantitative estimate of drug-likeness (QED) is 0.904. The van der Waals surface area contributed by atoms with Crippen LogP contribution in [0.1, 0.15) is 34.5 Å². The molecule has 1 aliphatic carbocycles. The molecule has 108 valence electrons. The Morgan fingerprint density at radius 3 is 2.57 bits per heavy atom. The van der Waals surface area contributed by atoms with E-state index in [1.54, 1.807) is 6.07 Å². The largest absolute Gasteiger partial charge is 0.367 e. The number of carbonyl (C=O) groups is 1. The zero-order chi connectivity index (χ0) is 14.8. The van der Waals surface area contributed by atoms with Crippen molar-refractivity contribution >= 4 is 17.4 Å². The second-order valence-corrected chi connectivity index (χ2v) is 5.43. The van der Waals surface area contributed by atoms with Gasteiger partial charge in [0.1, 0.15) is 17.8 Å². The van der Waals surface area contributed by atoms with Crippen molar-refractivity contribution in [2.75, 3.05) is 10.6 Å². The molecule has 0 saturated heterocycles. The summed E-state index contributed by atoms with van der Waals surface area (Å²) in [5.74, 6) is 0.493. The molecule has 1 aromatic carbocycles. The molecule has 1 aliphatic rings. The standard InChI is InChI=1S/C16H18N4O/c1-10-4-3-5-11(2)15(10)20-16(21)13-8-14(18-9-17-13)19-12-6-7-12/h3-5,8-9,12H,6-7H2,1-2H3,(H,20,21)(H,17,18,19). The molecule has 0 radical (unpaired) electrons. The van der Waals surface area contributed by atoms with Crippen molar-refractivity contribution in [1.82, 2.24) is 9.97 Å². The van der Waals surface area contributed by atoms with Crippen LogP contribution in [0, 0.1) is 13.8 Å². The van der Waals surface area contributed by atoms with Gasteiger partial charge in [-0.1, -0.05) is 18.2 Å². The van der Waals surface area contributed by atoms with Crippen molar-refractivity contribution in [3.63, 3.8) is 0 Å². The third-order valence-corrected chi connectivity index (χ3v) is 3.55. The number of anilines is 2. The van der Waals surface area contributed by atoms with Gasteiger partial charge in [0.25, 0.3) is 5.91 Å². The summed E-state index contributed by atoms with van der Waals surface area (Å²) in [7, 11) is 0. The molecule has 2 aromatic rings. The molecule has 1 amide bonds. The number of para-hydroxylation sites is 1. The maximum Gasteiger partial charge on any atom is 0.274 e. The Morgan fingerprint density at radius 1 is 1.19 bits per heavy atom. The first-order valence-electron chi connectivity index (χ1n) is 7.09. The Morgan fingerprint density at radius 2 is 1.90 bits per heavy atom. The smallest absolute Gasteiger partial charge is 0.274 e. The van der Waals surface area contributed by atoms with Crippen molar-refractivity contribution in [1.29, 1.82) is 0 Å². The van der Waals surface area contributed by atoms with E-state index in [0.717, 1.165) is 29.7 Å². The minimum atomic E-state index is -0.214. The van der Waals surface area contributed by atoms with E-state index in [0.29, 0.717) is 17.6 Å². The molecular weight excluding hydrogens is 264 g/mol. The zero-order valence-corrected chi connectivity index (χ0v) is 12.2. The Labute approximate surface area is 123 Å². The second-order valence-electron chi connectivity index (χ2n) is 5.43. The van der Waals surface area contributed by atoms with Gasteiger partial charge in [0, 0.05) is 17.8 Å². The molecule has 0 aliphatic heterocycles. The highest BCUT2D eigenvalue weighted by Gasteiger charge is 2.22. The summed E-state index contributed by atoms with van der Waals surface area (Å²) in [6.45, 7) is 3.95. The molecule has 21 heavy (non-hydrogen) atoms. The summed E-state index contributed by atoms with van der Waals surface area (Å²) in [6.07, 6.45) is 3.74. The van der Waals surface area contributed by atoms with E-state index in [1.165, 1.54) is 6.33 Å². The molecule has 0 unspecified atom stereocenters. The van der Waals surface area contributed by atoms with E-state index >= 15 is 0 Å². The summed E-state index contributed by atoms with van der Waals surface area (Å²) in [5.41, 5.74) is 3.29. The molecule has 0 bridgehead atoms. The topological polar surface area (TPSA) is 66.9 Å². The number of hydrogen-bond acceptors (Lipinski definition) is 4. The van der Waals surface area contributed by atoms with Crippen LogP contribution in [0.5, 0.6) is 0 Å². The van der Waals surface area contributed by atoms with E-state index in [4.69, 9.17) is 0 Å². The Balaban J connectivity index is 1.78. The van der Waals surface area contributed by atoms with Crippen LogP contribution < -0.4 is 10.6 Å². The number of hydrogen-bond donors (Lipinski definition) is 2. The molecule has 3 rings (SSSR count). The summed E-state index contributed by atoms with van der Waals surface area (Å²) in [6, 6.07) is 8.12. The summed E-state index contributed by atoms with van der Waals surface area (Å²) < 4.78 is 0. The van der Waals surface area contributed by atoms with Crippen LogP contribution in [-0.2, 0) is 0 Å². The first-order chi connectivity index (χ1) is 10.1. The van der Waals surface area contributed by atoms with E-state index in [9.17, 15) is 4.79 Å². The number of rotatable bonds is 4. The fourth-order valence-electron chi connectivity index (χ4n) is 2.19. The average molecular weight is 282 g/mol. The highest BCUT2D eigenvalue weighted by atomic mass is 16.1. The van der Waals surface area contributed by atoms with Gasteiger partial charge in [-0.15, -0.1) is 0 Å². The van der Waals surface area contributed by atoms with Gasteiger partial charge in [0.2, 0.25) is 0 Å². The van der Waals surface area contributed by atoms with Gasteiger partial charge in [-0.25, -0.2) is 9.97 Å². The Kier molecular flexibility index (Phi) is 3.56. The van der Waals surface area contributed by atoms with Crippen molar-refractivity contribution in [2.45, 2.75) is 32.7 Å². The van der Waals surface area contributed by atoms with Crippen molar-refractivity contribution in [3.8, 4) is 0 Å². The average Bonchev–Trinajstić information content (AvgIpc) is 3.27. The molecule has 1 saturated carbocycles. The lowest BCUT2D eigenvalue weighted by Crippen LogP contribution is -2.16. The SMILES string of the molecule is Cc1cccc(C)c1NC(=O)c1cc(NC2CC2)ncn1. The normalized spacial score (nSPS) is 13.8. The summed E-state index contributed by atoms with van der Waals surface area (Å²) in [4.78, 5) is 20.5. The Hall–Kier alpha value is -2.43. The molecule has 1 fully saturated rings. The number of carbonyl (C=O) groups excluding carboxylic acids is 1. The van der Waals surface area contributed by atoms with Gasteiger partial charge in [-0.05, 0) is 37.8 Å². The zero-order valence-electron chi connectivity index (χ0n) is 12.2. The van der Waals surface area contributed by atoms with Crippen LogP contribution in [0.4, 0.5) is 11.5 Å². The van der Waals surface area contributed by atoms with E-state index in [1.807, 2.05) is 32.0 Å². The van der Waals surface area contributed by atoms with Gasteiger partial charge in [0.15, 0.2) is 0 Å². The van der Waals surface area contributed by atoms with Crippen molar-refractivity contribution in [2.24, 2.45) is 0 Å². The van der Waals surface area contributed by atoms with Gasteiger partial charge < -0.3 is 10.6 Å². The molecule has 1 heterocycles. The minimum Gasteiger partial charge on any atom is -0.367 e. The molecule has 1 aromatic heterocycles. The number of nitrogens with one attached hydrogen (secondary N) is 2. The fraction of sp³-hybridized carbons (Fsp3) is 0.312. The van der Waals surface area contributed by atoms with Crippen molar-refractivity contribution < 1.29 is 4.79 Å². The van der Waals surface area contributed by atoms with E-state index < -0.39 is 0 Å². The lowest BCUT2D eigenvalue weighted by molar-refractivity contribution is 0.102. The van der Waals surface area contributed by atoms with Crippen LogP contribution in [0.2, 0.25) is 0 Å². The predicted octanol–water partition coefficient (Wildman–Crippen LogP) is 2.92. The van der Waals surface area contributed by atoms with Gasteiger partial charge in [-0.3, -0.25) is 4.79 Å². The van der Waals surface area contributed by atoms with Gasteiger partial charge >= 0.3 is 0 Å². The van der Waals surface area contributed by atoms with E-state index in [2.05, 4.69) is 20.6 Å². The highest BCUT2D eigenvalue weighted by molar-refractivity contribution is 6.04. The third-order valence-electron chi connectivity index (χ3n) is 3.55. The minimum absolute atomic E-state index is 0.214. The van der Waals surface area contributed by atoms with Gasteiger partial charge in [-0.2, -0.15) is 0 Å². The predicted molar refractivity (Wildman–Crippen MR) is 82.5 cm³/mol. The number of nitrogens with zero attached hydrogens (tertiary/aromatic N) is 2. The molecule has 0 spiro atoms. The molecule has 5 heteroatoms. The molecule has 5 nitrogen and oxygen atoms in total. The first kappa shape index (κ1) is 13.5. The lowest BCUT2D eigenvalue weighted by atomic mass is 10.1. The van der Waals surface area contributed by atoms with Crippen molar-refractivity contribution in [3.05, 3.63) is 47.4 Å². The number of aromatic nitrogens is 2. The monoisotopic (exact) mass is 282 g/mol. The summed E-state index contributed by atoms with van der Waals surface area (Å²) >= 11 is 0.